The van der Waals surface area contributed by atoms with Gasteiger partial charge in [0.15, 0.2) is 0 Å². The Morgan fingerprint density at radius 1 is 1.29 bits per heavy atom. The number of nitrogens with zero attached hydrogens (tertiary/aromatic N) is 1. The molecule has 3 nitrogen and oxygen atoms in total. The van der Waals surface area contributed by atoms with Gasteiger partial charge in [-0.1, -0.05) is 39.7 Å². The van der Waals surface area contributed by atoms with Crippen molar-refractivity contribution in [3.63, 3.8) is 0 Å². The second kappa shape index (κ2) is 4.55. The van der Waals surface area contributed by atoms with E-state index in [2.05, 4.69) is 15.9 Å². The fourth-order valence-corrected chi connectivity index (χ4v) is 3.87. The molecule has 1 aromatic rings. The Labute approximate surface area is 110 Å². The number of rotatable bonds is 2. The number of sulfonamides is 1. The van der Waals surface area contributed by atoms with Gasteiger partial charge < -0.3 is 0 Å². The van der Waals surface area contributed by atoms with Gasteiger partial charge in [-0.2, -0.15) is 4.31 Å². The minimum absolute atomic E-state index is 0.124. The summed E-state index contributed by atoms with van der Waals surface area (Å²) < 4.78 is 27.2. The van der Waals surface area contributed by atoms with Gasteiger partial charge in [0.1, 0.15) is 0 Å². The molecule has 0 saturated heterocycles. The molecule has 1 atom stereocenters. The van der Waals surface area contributed by atoms with Crippen LogP contribution in [-0.2, 0) is 10.0 Å². The zero-order valence-corrected chi connectivity index (χ0v) is 12.1. The lowest BCUT2D eigenvalue weighted by molar-refractivity contribution is 0.426. The second-order valence-electron chi connectivity index (χ2n) is 4.15. The van der Waals surface area contributed by atoms with Gasteiger partial charge in [0.05, 0.1) is 10.9 Å². The molecule has 0 saturated carbocycles. The van der Waals surface area contributed by atoms with Crippen molar-refractivity contribution in [2.24, 2.45) is 0 Å². The van der Waals surface area contributed by atoms with E-state index in [-0.39, 0.29) is 6.04 Å². The molecule has 0 bridgehead atoms. The normalized spacial score (nSPS) is 21.6. The standard InChI is InChI=1S/C12H14BrNO2S/c1-9-3-5-11(6-4-9)17(15,16)14-8-7-12(13)10(14)2/h3-7,10H,8H2,1-2H3/t10-/m1/s1. The summed E-state index contributed by atoms with van der Waals surface area (Å²) in [5.41, 5.74) is 1.05. The first kappa shape index (κ1) is 12.8. The SMILES string of the molecule is Cc1ccc(S(=O)(=O)N2CC=C(Br)[C@H]2C)cc1. The number of hydrogen-bond acceptors (Lipinski definition) is 2. The molecule has 0 fully saturated rings. The molecular weight excluding hydrogens is 302 g/mol. The topological polar surface area (TPSA) is 37.4 Å². The summed E-state index contributed by atoms with van der Waals surface area (Å²) >= 11 is 3.38. The van der Waals surface area contributed by atoms with Crippen molar-refractivity contribution < 1.29 is 8.42 Å². The van der Waals surface area contributed by atoms with E-state index in [4.69, 9.17) is 0 Å². The van der Waals surface area contributed by atoms with Crippen molar-refractivity contribution in [3.05, 3.63) is 40.4 Å². The Bertz CT molecular complexity index is 548. The van der Waals surface area contributed by atoms with Gasteiger partial charge in [0.25, 0.3) is 0 Å². The molecule has 0 aliphatic carbocycles. The zero-order chi connectivity index (χ0) is 12.6. The molecule has 92 valence electrons. The summed E-state index contributed by atoms with van der Waals surface area (Å²) in [6.07, 6.45) is 1.89. The highest BCUT2D eigenvalue weighted by Crippen LogP contribution is 2.29. The molecule has 1 aromatic carbocycles. The Morgan fingerprint density at radius 2 is 1.88 bits per heavy atom. The smallest absolute Gasteiger partial charge is 0.207 e. The Kier molecular flexibility index (Phi) is 3.43. The lowest BCUT2D eigenvalue weighted by atomic mass is 10.2. The highest BCUT2D eigenvalue weighted by Gasteiger charge is 2.33. The molecule has 1 aliphatic heterocycles. The van der Waals surface area contributed by atoms with Gasteiger partial charge in [0.2, 0.25) is 10.0 Å². The van der Waals surface area contributed by atoms with E-state index in [1.165, 1.54) is 4.31 Å². The van der Waals surface area contributed by atoms with E-state index < -0.39 is 10.0 Å². The van der Waals surface area contributed by atoms with Crippen LogP contribution in [0, 0.1) is 6.92 Å². The monoisotopic (exact) mass is 315 g/mol. The van der Waals surface area contributed by atoms with E-state index in [0.717, 1.165) is 10.0 Å². The average molecular weight is 316 g/mol. The quantitative estimate of drug-likeness (QED) is 0.841. The zero-order valence-electron chi connectivity index (χ0n) is 9.72. The van der Waals surface area contributed by atoms with Crippen molar-refractivity contribution in [2.45, 2.75) is 24.8 Å². The molecule has 17 heavy (non-hydrogen) atoms. The fraction of sp³-hybridized carbons (Fsp3) is 0.333. The maximum absolute atomic E-state index is 12.4. The van der Waals surface area contributed by atoms with E-state index in [9.17, 15) is 8.42 Å². The molecule has 5 heteroatoms. The van der Waals surface area contributed by atoms with Crippen molar-refractivity contribution in [1.29, 1.82) is 0 Å². The van der Waals surface area contributed by atoms with Gasteiger partial charge in [-0.05, 0) is 26.0 Å². The largest absolute Gasteiger partial charge is 0.243 e. The van der Waals surface area contributed by atoms with Gasteiger partial charge in [0, 0.05) is 11.0 Å². The van der Waals surface area contributed by atoms with Crippen LogP contribution in [0.5, 0.6) is 0 Å². The Balaban J connectivity index is 2.35. The van der Waals surface area contributed by atoms with Gasteiger partial charge in [-0.25, -0.2) is 8.42 Å². The van der Waals surface area contributed by atoms with Crippen LogP contribution in [0.2, 0.25) is 0 Å². The minimum atomic E-state index is -3.39. The molecule has 0 N–H and O–H groups in total. The lowest BCUT2D eigenvalue weighted by Gasteiger charge is -2.21. The van der Waals surface area contributed by atoms with E-state index in [0.29, 0.717) is 11.4 Å². The van der Waals surface area contributed by atoms with Gasteiger partial charge in [-0.3, -0.25) is 0 Å². The molecule has 0 spiro atoms. The Morgan fingerprint density at radius 3 is 2.35 bits per heavy atom. The molecule has 2 rings (SSSR count). The van der Waals surface area contributed by atoms with Crippen molar-refractivity contribution in [1.82, 2.24) is 4.31 Å². The van der Waals surface area contributed by atoms with Crippen LogP contribution in [0.15, 0.2) is 39.7 Å². The summed E-state index contributed by atoms with van der Waals surface area (Å²) in [6, 6.07) is 6.82. The third-order valence-electron chi connectivity index (χ3n) is 2.92. The van der Waals surface area contributed by atoms with Crippen molar-refractivity contribution in [3.8, 4) is 0 Å². The number of aryl methyl sites for hydroxylation is 1. The van der Waals surface area contributed by atoms with Crippen LogP contribution in [0.1, 0.15) is 12.5 Å². The first-order chi connectivity index (χ1) is 7.93. The van der Waals surface area contributed by atoms with E-state index >= 15 is 0 Å². The highest BCUT2D eigenvalue weighted by molar-refractivity contribution is 9.11. The van der Waals surface area contributed by atoms with Crippen molar-refractivity contribution in [2.75, 3.05) is 6.54 Å². The summed E-state index contributed by atoms with van der Waals surface area (Å²) in [7, 11) is -3.39. The van der Waals surface area contributed by atoms with Crippen LogP contribution >= 0.6 is 15.9 Å². The summed E-state index contributed by atoms with van der Waals surface area (Å²) in [4.78, 5) is 0.352. The first-order valence-electron chi connectivity index (χ1n) is 5.37. The second-order valence-corrected chi connectivity index (χ2v) is 6.96. The van der Waals surface area contributed by atoms with Crippen LogP contribution in [0.25, 0.3) is 0 Å². The van der Waals surface area contributed by atoms with Crippen LogP contribution < -0.4 is 0 Å². The maximum Gasteiger partial charge on any atom is 0.243 e. The van der Waals surface area contributed by atoms with Gasteiger partial charge in [-0.15, -0.1) is 0 Å². The molecule has 1 heterocycles. The first-order valence-corrected chi connectivity index (χ1v) is 7.60. The third kappa shape index (κ3) is 2.32. The minimum Gasteiger partial charge on any atom is -0.207 e. The predicted molar refractivity (Wildman–Crippen MR) is 71.5 cm³/mol. The molecular formula is C12H14BrNO2S. The number of benzene rings is 1. The molecule has 0 radical (unpaired) electrons. The number of hydrogen-bond donors (Lipinski definition) is 0. The van der Waals surface area contributed by atoms with Crippen LogP contribution in [0.3, 0.4) is 0 Å². The van der Waals surface area contributed by atoms with Crippen LogP contribution in [0.4, 0.5) is 0 Å². The lowest BCUT2D eigenvalue weighted by Crippen LogP contribution is -2.35. The number of halogens is 1. The third-order valence-corrected chi connectivity index (χ3v) is 5.86. The summed E-state index contributed by atoms with van der Waals surface area (Å²) in [5.74, 6) is 0. The average Bonchev–Trinajstić information content (AvgIpc) is 2.61. The summed E-state index contributed by atoms with van der Waals surface area (Å²) in [6.45, 7) is 4.24. The molecule has 0 amide bonds. The van der Waals surface area contributed by atoms with Gasteiger partial charge >= 0.3 is 0 Å². The van der Waals surface area contributed by atoms with E-state index in [1.807, 2.05) is 32.1 Å². The van der Waals surface area contributed by atoms with E-state index in [1.54, 1.807) is 12.1 Å². The summed E-state index contributed by atoms with van der Waals surface area (Å²) in [5, 5.41) is 0. The van der Waals surface area contributed by atoms with Crippen LogP contribution in [-0.4, -0.2) is 25.3 Å². The van der Waals surface area contributed by atoms with Crippen molar-refractivity contribution >= 4 is 26.0 Å². The molecule has 1 aliphatic rings. The molecule has 0 unspecified atom stereocenters. The Hall–Kier alpha value is -0.650. The molecule has 0 aromatic heterocycles. The maximum atomic E-state index is 12.4. The fourth-order valence-electron chi connectivity index (χ4n) is 1.80. The predicted octanol–water partition coefficient (Wildman–Crippen LogP) is 2.67. The highest BCUT2D eigenvalue weighted by atomic mass is 79.9.